The summed E-state index contributed by atoms with van der Waals surface area (Å²) in [6, 6.07) is 13.5. The lowest BCUT2D eigenvalue weighted by Gasteiger charge is -2.13. The molecule has 0 bridgehead atoms. The fraction of sp³-hybridized carbons (Fsp3) is 0.238. The van der Waals surface area contributed by atoms with Gasteiger partial charge in [0.2, 0.25) is 5.91 Å². The molecule has 0 atom stereocenters. The molecule has 0 saturated heterocycles. The van der Waals surface area contributed by atoms with Crippen molar-refractivity contribution in [2.45, 2.75) is 26.4 Å². The van der Waals surface area contributed by atoms with Crippen LogP contribution in [-0.4, -0.2) is 41.1 Å². The molecule has 7 nitrogen and oxygen atoms in total. The average Bonchev–Trinajstić information content (AvgIpc) is 2.91. The highest BCUT2D eigenvalue weighted by atomic mass is 16.2. The number of carbonyl (C=O) groups excluding carboxylic acids is 4. The molecule has 28 heavy (non-hydrogen) atoms. The monoisotopic (exact) mass is 379 g/mol. The lowest BCUT2D eigenvalue weighted by Crippen LogP contribution is -2.39. The van der Waals surface area contributed by atoms with E-state index in [0.29, 0.717) is 0 Å². The number of amides is 4. The fourth-order valence-corrected chi connectivity index (χ4v) is 2.98. The summed E-state index contributed by atoms with van der Waals surface area (Å²) in [7, 11) is 0. The summed E-state index contributed by atoms with van der Waals surface area (Å²) in [5.41, 5.74) is 1.53. The number of hydrogen-bond donors (Lipinski definition) is 2. The third-order valence-corrected chi connectivity index (χ3v) is 4.28. The summed E-state index contributed by atoms with van der Waals surface area (Å²) in [4.78, 5) is 50.4. The predicted octanol–water partition coefficient (Wildman–Crippen LogP) is 1.74. The highest BCUT2D eigenvalue weighted by molar-refractivity contribution is 6.22. The number of hydrogen-bond acceptors (Lipinski definition) is 4. The molecule has 1 heterocycles. The van der Waals surface area contributed by atoms with Crippen molar-refractivity contribution in [3.05, 3.63) is 70.8 Å². The van der Waals surface area contributed by atoms with Gasteiger partial charge in [-0.15, -0.1) is 0 Å². The minimum Gasteiger partial charge on any atom is -0.352 e. The molecule has 4 amide bonds. The Balaban J connectivity index is 1.72. The molecule has 0 spiro atoms. The predicted molar refractivity (Wildman–Crippen MR) is 103 cm³/mol. The van der Waals surface area contributed by atoms with Crippen molar-refractivity contribution in [3.8, 4) is 0 Å². The maximum absolute atomic E-state index is 12.7. The van der Waals surface area contributed by atoms with Gasteiger partial charge in [0, 0.05) is 11.6 Å². The van der Waals surface area contributed by atoms with Gasteiger partial charge < -0.3 is 10.6 Å². The molecule has 0 unspecified atom stereocenters. The van der Waals surface area contributed by atoms with Crippen LogP contribution in [0.15, 0.2) is 48.5 Å². The number of benzene rings is 2. The number of fused-ring (bicyclic) bond motifs is 1. The molecule has 0 saturated carbocycles. The molecule has 2 N–H and O–H groups in total. The van der Waals surface area contributed by atoms with E-state index in [1.807, 2.05) is 44.2 Å². The van der Waals surface area contributed by atoms with Crippen LogP contribution in [0.4, 0.5) is 0 Å². The first-order chi connectivity index (χ1) is 13.4. The van der Waals surface area contributed by atoms with Crippen LogP contribution >= 0.6 is 0 Å². The Bertz CT molecular complexity index is 938. The van der Waals surface area contributed by atoms with Gasteiger partial charge >= 0.3 is 0 Å². The van der Waals surface area contributed by atoms with Gasteiger partial charge in [0.05, 0.1) is 24.2 Å². The Labute approximate surface area is 162 Å². The van der Waals surface area contributed by atoms with Crippen LogP contribution in [0.5, 0.6) is 0 Å². The van der Waals surface area contributed by atoms with Crippen molar-refractivity contribution < 1.29 is 19.2 Å². The summed E-state index contributed by atoms with van der Waals surface area (Å²) in [5, 5.41) is 5.19. The third-order valence-electron chi connectivity index (χ3n) is 4.28. The Hall–Kier alpha value is -3.48. The van der Waals surface area contributed by atoms with Crippen LogP contribution in [0.1, 0.15) is 50.5 Å². The summed E-state index contributed by atoms with van der Waals surface area (Å²) >= 11 is 0. The minimum absolute atomic E-state index is 0.0244. The smallest absolute Gasteiger partial charge is 0.261 e. The van der Waals surface area contributed by atoms with E-state index < -0.39 is 11.8 Å². The summed E-state index contributed by atoms with van der Waals surface area (Å²) in [6.45, 7) is 3.65. The van der Waals surface area contributed by atoms with Gasteiger partial charge in [-0.25, -0.2) is 0 Å². The second kappa shape index (κ2) is 8.04. The molecule has 3 rings (SSSR count). The summed E-state index contributed by atoms with van der Waals surface area (Å²) < 4.78 is 0. The van der Waals surface area contributed by atoms with Crippen LogP contribution in [0.2, 0.25) is 0 Å². The van der Waals surface area contributed by atoms with E-state index in [2.05, 4.69) is 10.6 Å². The Morgan fingerprint density at radius 3 is 2.32 bits per heavy atom. The van der Waals surface area contributed by atoms with E-state index in [0.717, 1.165) is 10.5 Å². The first-order valence-electron chi connectivity index (χ1n) is 8.98. The standard InChI is InChI=1S/C21H21N3O4/c1-13(2)23-18(25)11-22-19(26)15-8-9-16-17(10-15)21(28)24(20(16)27)12-14-6-4-3-5-7-14/h3-10,13H,11-12H2,1-2H3,(H,22,26)(H,23,25). The molecule has 1 aliphatic heterocycles. The molecular weight excluding hydrogens is 358 g/mol. The van der Waals surface area contributed by atoms with E-state index in [-0.39, 0.29) is 47.6 Å². The second-order valence-electron chi connectivity index (χ2n) is 6.85. The molecule has 0 radical (unpaired) electrons. The number of nitrogens with one attached hydrogen (secondary N) is 2. The van der Waals surface area contributed by atoms with E-state index in [1.165, 1.54) is 18.2 Å². The molecule has 0 fully saturated rings. The first-order valence-corrected chi connectivity index (χ1v) is 8.98. The van der Waals surface area contributed by atoms with Gasteiger partial charge in [0.1, 0.15) is 0 Å². The van der Waals surface area contributed by atoms with E-state index >= 15 is 0 Å². The van der Waals surface area contributed by atoms with Gasteiger partial charge in [0.25, 0.3) is 17.7 Å². The summed E-state index contributed by atoms with van der Waals surface area (Å²) in [5.74, 6) is -1.60. The van der Waals surface area contributed by atoms with Crippen LogP contribution in [0.3, 0.4) is 0 Å². The zero-order chi connectivity index (χ0) is 20.3. The van der Waals surface area contributed by atoms with Gasteiger partial charge in [0.15, 0.2) is 0 Å². The highest BCUT2D eigenvalue weighted by Crippen LogP contribution is 2.25. The molecule has 144 valence electrons. The topological polar surface area (TPSA) is 95.6 Å². The molecule has 0 aliphatic carbocycles. The SMILES string of the molecule is CC(C)NC(=O)CNC(=O)c1ccc2c(c1)C(=O)N(Cc1ccccc1)C2=O. The zero-order valence-corrected chi connectivity index (χ0v) is 15.7. The lowest BCUT2D eigenvalue weighted by molar-refractivity contribution is -0.120. The molecular formula is C21H21N3O4. The maximum atomic E-state index is 12.7. The largest absolute Gasteiger partial charge is 0.352 e. The van der Waals surface area contributed by atoms with E-state index in [9.17, 15) is 19.2 Å². The van der Waals surface area contributed by atoms with Crippen molar-refractivity contribution in [2.75, 3.05) is 6.54 Å². The van der Waals surface area contributed by atoms with Crippen LogP contribution in [0.25, 0.3) is 0 Å². The van der Waals surface area contributed by atoms with Crippen molar-refractivity contribution >= 4 is 23.6 Å². The van der Waals surface area contributed by atoms with Crippen molar-refractivity contribution in [1.82, 2.24) is 15.5 Å². The molecule has 2 aromatic rings. The van der Waals surface area contributed by atoms with Gasteiger partial charge in [-0.05, 0) is 37.6 Å². The number of nitrogens with zero attached hydrogens (tertiary/aromatic N) is 1. The molecule has 7 heteroatoms. The minimum atomic E-state index is -0.483. The quantitative estimate of drug-likeness (QED) is 0.748. The van der Waals surface area contributed by atoms with Gasteiger partial charge in [-0.1, -0.05) is 30.3 Å². The third kappa shape index (κ3) is 4.09. The van der Waals surface area contributed by atoms with E-state index in [1.54, 1.807) is 0 Å². The average molecular weight is 379 g/mol. The van der Waals surface area contributed by atoms with Crippen molar-refractivity contribution in [1.29, 1.82) is 0 Å². The molecule has 1 aliphatic rings. The Morgan fingerprint density at radius 1 is 0.964 bits per heavy atom. The van der Waals surface area contributed by atoms with E-state index in [4.69, 9.17) is 0 Å². The summed E-state index contributed by atoms with van der Waals surface area (Å²) in [6.07, 6.45) is 0. The van der Waals surface area contributed by atoms with Crippen LogP contribution in [0, 0.1) is 0 Å². The fourth-order valence-electron chi connectivity index (χ4n) is 2.98. The number of imide groups is 1. The van der Waals surface area contributed by atoms with Crippen molar-refractivity contribution in [3.63, 3.8) is 0 Å². The molecule has 0 aromatic heterocycles. The van der Waals surface area contributed by atoms with Gasteiger partial charge in [-0.2, -0.15) is 0 Å². The molecule has 2 aromatic carbocycles. The van der Waals surface area contributed by atoms with Gasteiger partial charge in [-0.3, -0.25) is 24.1 Å². The van der Waals surface area contributed by atoms with Crippen LogP contribution in [-0.2, 0) is 11.3 Å². The highest BCUT2D eigenvalue weighted by Gasteiger charge is 2.35. The second-order valence-corrected chi connectivity index (χ2v) is 6.85. The zero-order valence-electron chi connectivity index (χ0n) is 15.7. The lowest BCUT2D eigenvalue weighted by atomic mass is 10.1. The Morgan fingerprint density at radius 2 is 1.64 bits per heavy atom. The normalized spacial score (nSPS) is 12.9. The Kier molecular flexibility index (Phi) is 5.54. The first kappa shape index (κ1) is 19.3. The number of carbonyl (C=O) groups is 4. The van der Waals surface area contributed by atoms with Crippen LogP contribution < -0.4 is 10.6 Å². The van der Waals surface area contributed by atoms with Crippen molar-refractivity contribution in [2.24, 2.45) is 0 Å². The number of rotatable bonds is 6. The maximum Gasteiger partial charge on any atom is 0.261 e.